The molecule has 2 aromatic rings. The summed E-state index contributed by atoms with van der Waals surface area (Å²) in [5.41, 5.74) is 5.35. The van der Waals surface area contributed by atoms with Crippen LogP contribution >= 0.6 is 11.3 Å². The lowest BCUT2D eigenvalue weighted by Gasteiger charge is -2.28. The predicted octanol–water partition coefficient (Wildman–Crippen LogP) is 2.78. The SMILES string of the molecule is Cc1csc(CC(CC2CCOc3ccccc32)NN)n1. The minimum absolute atomic E-state index is 0.242. The molecule has 0 bridgehead atoms. The number of fused-ring (bicyclic) bond motifs is 1. The normalized spacial score (nSPS) is 18.9. The number of nitrogens with zero attached hydrogens (tertiary/aromatic N) is 1. The van der Waals surface area contributed by atoms with Crippen LogP contribution in [0, 0.1) is 6.92 Å². The summed E-state index contributed by atoms with van der Waals surface area (Å²) in [7, 11) is 0. The maximum atomic E-state index is 5.76. The number of aryl methyl sites for hydroxylation is 1. The van der Waals surface area contributed by atoms with E-state index in [2.05, 4.69) is 34.0 Å². The zero-order chi connectivity index (χ0) is 14.7. The molecule has 0 radical (unpaired) electrons. The molecule has 1 aromatic heterocycles. The molecule has 3 N–H and O–H groups in total. The van der Waals surface area contributed by atoms with E-state index in [1.807, 2.05) is 13.0 Å². The number of hydrogen-bond acceptors (Lipinski definition) is 5. The standard InChI is InChI=1S/C16H21N3OS/c1-11-10-21-16(18-11)9-13(19-17)8-12-6-7-20-15-5-3-2-4-14(12)15/h2-5,10,12-13,19H,6-9,17H2,1H3. The monoisotopic (exact) mass is 303 g/mol. The van der Waals surface area contributed by atoms with Crippen molar-refractivity contribution in [1.82, 2.24) is 10.4 Å². The van der Waals surface area contributed by atoms with E-state index in [9.17, 15) is 0 Å². The summed E-state index contributed by atoms with van der Waals surface area (Å²) in [4.78, 5) is 4.53. The van der Waals surface area contributed by atoms with Crippen LogP contribution in [0.3, 0.4) is 0 Å². The van der Waals surface area contributed by atoms with Gasteiger partial charge in [0.05, 0.1) is 11.6 Å². The fraction of sp³-hybridized carbons (Fsp3) is 0.438. The van der Waals surface area contributed by atoms with E-state index in [0.717, 1.165) is 42.3 Å². The number of aromatic nitrogens is 1. The molecule has 2 unspecified atom stereocenters. The van der Waals surface area contributed by atoms with E-state index in [0.29, 0.717) is 5.92 Å². The highest BCUT2D eigenvalue weighted by atomic mass is 32.1. The Morgan fingerprint density at radius 3 is 3.10 bits per heavy atom. The zero-order valence-electron chi connectivity index (χ0n) is 12.2. The number of benzene rings is 1. The van der Waals surface area contributed by atoms with Gasteiger partial charge in [-0.15, -0.1) is 11.3 Å². The Morgan fingerprint density at radius 1 is 1.48 bits per heavy atom. The van der Waals surface area contributed by atoms with E-state index in [4.69, 9.17) is 10.6 Å². The number of rotatable bonds is 5. The van der Waals surface area contributed by atoms with E-state index in [1.165, 1.54) is 5.56 Å². The maximum absolute atomic E-state index is 5.76. The van der Waals surface area contributed by atoms with Crippen molar-refractivity contribution < 1.29 is 4.74 Å². The second-order valence-corrected chi connectivity index (χ2v) is 6.50. The molecule has 1 aromatic carbocycles. The largest absolute Gasteiger partial charge is 0.493 e. The summed E-state index contributed by atoms with van der Waals surface area (Å²) in [6.07, 6.45) is 2.94. The van der Waals surface area contributed by atoms with Crippen molar-refractivity contribution in [2.24, 2.45) is 5.84 Å². The summed E-state index contributed by atoms with van der Waals surface area (Å²) in [6.45, 7) is 2.81. The summed E-state index contributed by atoms with van der Waals surface area (Å²) in [5, 5.41) is 3.24. The molecule has 3 rings (SSSR count). The average molecular weight is 303 g/mol. The van der Waals surface area contributed by atoms with Gasteiger partial charge in [-0.25, -0.2) is 4.98 Å². The smallest absolute Gasteiger partial charge is 0.122 e. The first-order valence-electron chi connectivity index (χ1n) is 7.35. The van der Waals surface area contributed by atoms with Crippen molar-refractivity contribution in [2.75, 3.05) is 6.61 Å². The molecular weight excluding hydrogens is 282 g/mol. The van der Waals surface area contributed by atoms with E-state index in [-0.39, 0.29) is 6.04 Å². The second kappa shape index (κ2) is 6.56. The molecule has 0 aliphatic carbocycles. The van der Waals surface area contributed by atoms with Crippen LogP contribution in [-0.2, 0) is 6.42 Å². The zero-order valence-corrected chi connectivity index (χ0v) is 13.0. The van der Waals surface area contributed by atoms with Crippen LogP contribution in [0.5, 0.6) is 5.75 Å². The second-order valence-electron chi connectivity index (χ2n) is 5.56. The Bertz CT molecular complexity index is 599. The van der Waals surface area contributed by atoms with Gasteiger partial charge >= 0.3 is 0 Å². The lowest BCUT2D eigenvalue weighted by molar-refractivity contribution is 0.254. The average Bonchev–Trinajstić information content (AvgIpc) is 2.92. The van der Waals surface area contributed by atoms with Crippen molar-refractivity contribution >= 4 is 11.3 Å². The molecule has 0 saturated heterocycles. The molecular formula is C16H21N3OS. The molecule has 0 saturated carbocycles. The third-order valence-corrected chi connectivity index (χ3v) is 4.96. The first kappa shape index (κ1) is 14.5. The molecule has 21 heavy (non-hydrogen) atoms. The molecule has 5 heteroatoms. The number of para-hydroxylation sites is 1. The Labute approximate surface area is 129 Å². The van der Waals surface area contributed by atoms with Gasteiger partial charge in [0, 0.05) is 23.5 Å². The summed E-state index contributed by atoms with van der Waals surface area (Å²) >= 11 is 1.71. The van der Waals surface area contributed by atoms with Crippen molar-refractivity contribution in [3.8, 4) is 5.75 Å². The molecule has 4 nitrogen and oxygen atoms in total. The van der Waals surface area contributed by atoms with E-state index >= 15 is 0 Å². The Balaban J connectivity index is 1.70. The van der Waals surface area contributed by atoms with Gasteiger partial charge in [0.25, 0.3) is 0 Å². The maximum Gasteiger partial charge on any atom is 0.122 e. The van der Waals surface area contributed by atoms with Crippen LogP contribution in [0.4, 0.5) is 0 Å². The van der Waals surface area contributed by atoms with Crippen molar-refractivity contribution in [3.63, 3.8) is 0 Å². The predicted molar refractivity (Wildman–Crippen MR) is 85.6 cm³/mol. The summed E-state index contributed by atoms with van der Waals surface area (Å²) in [5.74, 6) is 7.28. The fourth-order valence-electron chi connectivity index (χ4n) is 2.92. The van der Waals surface area contributed by atoms with Crippen LogP contribution in [0.25, 0.3) is 0 Å². The van der Waals surface area contributed by atoms with Crippen LogP contribution in [0.2, 0.25) is 0 Å². The Hall–Kier alpha value is -1.43. The highest BCUT2D eigenvalue weighted by Crippen LogP contribution is 2.36. The molecule has 0 fully saturated rings. The Kier molecular flexibility index (Phi) is 4.53. The highest BCUT2D eigenvalue weighted by molar-refractivity contribution is 7.09. The third-order valence-electron chi connectivity index (χ3n) is 3.98. The molecule has 2 atom stereocenters. The first-order chi connectivity index (χ1) is 10.3. The lowest BCUT2D eigenvalue weighted by Crippen LogP contribution is -2.38. The van der Waals surface area contributed by atoms with Gasteiger partial charge in [-0.1, -0.05) is 18.2 Å². The number of ether oxygens (including phenoxy) is 1. The van der Waals surface area contributed by atoms with Crippen molar-refractivity contribution in [2.45, 2.75) is 38.1 Å². The molecule has 0 spiro atoms. The molecule has 1 aliphatic rings. The topological polar surface area (TPSA) is 60.2 Å². The van der Waals surface area contributed by atoms with Gasteiger partial charge in [-0.05, 0) is 37.3 Å². The summed E-state index contributed by atoms with van der Waals surface area (Å²) in [6, 6.07) is 8.57. The molecule has 0 amide bonds. The van der Waals surface area contributed by atoms with Gasteiger partial charge in [0.2, 0.25) is 0 Å². The number of nitrogens with one attached hydrogen (secondary N) is 1. The fourth-order valence-corrected chi connectivity index (χ4v) is 3.78. The quantitative estimate of drug-likeness (QED) is 0.658. The van der Waals surface area contributed by atoms with Gasteiger partial charge in [-0.3, -0.25) is 11.3 Å². The molecule has 112 valence electrons. The minimum Gasteiger partial charge on any atom is -0.493 e. The van der Waals surface area contributed by atoms with Crippen molar-refractivity contribution in [1.29, 1.82) is 0 Å². The van der Waals surface area contributed by atoms with Gasteiger partial charge in [-0.2, -0.15) is 0 Å². The number of hydrogen-bond donors (Lipinski definition) is 2. The first-order valence-corrected chi connectivity index (χ1v) is 8.23. The Morgan fingerprint density at radius 2 is 2.33 bits per heavy atom. The minimum atomic E-state index is 0.242. The van der Waals surface area contributed by atoms with Gasteiger partial charge < -0.3 is 4.74 Å². The third kappa shape index (κ3) is 3.43. The highest BCUT2D eigenvalue weighted by Gasteiger charge is 2.24. The number of thiazole rings is 1. The van der Waals surface area contributed by atoms with Crippen LogP contribution < -0.4 is 16.0 Å². The number of hydrazine groups is 1. The lowest BCUT2D eigenvalue weighted by atomic mass is 9.87. The van der Waals surface area contributed by atoms with E-state index < -0.39 is 0 Å². The van der Waals surface area contributed by atoms with E-state index in [1.54, 1.807) is 11.3 Å². The van der Waals surface area contributed by atoms with Crippen LogP contribution in [0.1, 0.15) is 35.0 Å². The van der Waals surface area contributed by atoms with Gasteiger partial charge in [0.1, 0.15) is 5.75 Å². The number of nitrogens with two attached hydrogens (primary N) is 1. The van der Waals surface area contributed by atoms with Crippen molar-refractivity contribution in [3.05, 3.63) is 45.9 Å². The van der Waals surface area contributed by atoms with Crippen LogP contribution in [0.15, 0.2) is 29.6 Å². The summed E-state index contributed by atoms with van der Waals surface area (Å²) < 4.78 is 5.73. The van der Waals surface area contributed by atoms with Gasteiger partial charge in [0.15, 0.2) is 0 Å². The molecule has 1 aliphatic heterocycles. The van der Waals surface area contributed by atoms with Crippen LogP contribution in [-0.4, -0.2) is 17.6 Å². The molecule has 2 heterocycles.